The first-order valence-electron chi connectivity index (χ1n) is 8.54. The minimum Gasteiger partial charge on any atom is -0.481 e. The topological polar surface area (TPSA) is 294 Å². The third kappa shape index (κ3) is 39.3. The maximum atomic E-state index is 9.90. The van der Waals surface area contributed by atoms with Gasteiger partial charge in [0, 0.05) is 13.5 Å². The summed E-state index contributed by atoms with van der Waals surface area (Å²) in [6, 6.07) is 0. The van der Waals surface area contributed by atoms with Crippen molar-refractivity contribution < 1.29 is 75.7 Å². The molecule has 0 aliphatic heterocycles. The van der Waals surface area contributed by atoms with Crippen LogP contribution in [0.1, 0.15) is 20.8 Å². The molecule has 5 atom stereocenters. The van der Waals surface area contributed by atoms with Gasteiger partial charge in [-0.05, 0) is 13.8 Å². The molecule has 1 unspecified atom stereocenters. The highest BCUT2D eigenvalue weighted by atomic mass is 16.4. The molecule has 0 spiro atoms. The third-order valence-corrected chi connectivity index (χ3v) is 2.20. The molecular formula is C16H36O15. The Labute approximate surface area is 178 Å². The Morgan fingerprint density at radius 2 is 1.10 bits per heavy atom. The second-order valence-corrected chi connectivity index (χ2v) is 5.23. The van der Waals surface area contributed by atoms with Crippen molar-refractivity contribution in [3.63, 3.8) is 0 Å². The molecular weight excluding hydrogens is 432 g/mol. The molecule has 0 fully saturated rings. The average Bonchev–Trinajstić information content (AvgIpc) is 2.71. The van der Waals surface area contributed by atoms with Crippen molar-refractivity contribution in [3.8, 4) is 0 Å². The number of carboxylic acid groups (broad SMARTS) is 2. The van der Waals surface area contributed by atoms with Gasteiger partial charge in [0.25, 0.3) is 5.97 Å². The largest absolute Gasteiger partial charge is 0.481 e. The number of carbonyl (C=O) groups is 3. The lowest BCUT2D eigenvalue weighted by atomic mass is 10.0. The van der Waals surface area contributed by atoms with Gasteiger partial charge in [0.2, 0.25) is 0 Å². The van der Waals surface area contributed by atoms with Crippen molar-refractivity contribution >= 4 is 18.2 Å². The zero-order valence-electron chi connectivity index (χ0n) is 17.5. The van der Waals surface area contributed by atoms with E-state index in [4.69, 9.17) is 66.1 Å². The van der Waals surface area contributed by atoms with E-state index in [0.29, 0.717) is 0 Å². The van der Waals surface area contributed by atoms with Crippen LogP contribution in [0, 0.1) is 0 Å². The fraction of sp³-hybridized carbons (Fsp3) is 0.812. The summed E-state index contributed by atoms with van der Waals surface area (Å²) in [5.41, 5.74) is 0. The lowest BCUT2D eigenvalue weighted by Gasteiger charge is -2.22. The van der Waals surface area contributed by atoms with Gasteiger partial charge in [0.05, 0.1) is 19.8 Å². The average molecular weight is 468 g/mol. The Kier molecular flexibility index (Phi) is 36.1. The summed E-state index contributed by atoms with van der Waals surface area (Å²) in [5, 5.41) is 98.3. The van der Waals surface area contributed by atoms with Gasteiger partial charge in [0.15, 0.2) is 6.29 Å². The van der Waals surface area contributed by atoms with Gasteiger partial charge in [-0.15, -0.1) is 0 Å². The number of aliphatic hydroxyl groups is 10. The Balaban J connectivity index is -0.000000101. The van der Waals surface area contributed by atoms with Crippen molar-refractivity contribution in [1.82, 2.24) is 0 Å². The molecule has 15 nitrogen and oxygen atoms in total. The van der Waals surface area contributed by atoms with E-state index >= 15 is 0 Å². The summed E-state index contributed by atoms with van der Waals surface area (Å²) < 4.78 is 0. The van der Waals surface area contributed by atoms with Crippen LogP contribution in [0.2, 0.25) is 0 Å². The molecule has 0 bridgehead atoms. The van der Waals surface area contributed by atoms with E-state index in [1.165, 1.54) is 6.92 Å². The van der Waals surface area contributed by atoms with Crippen molar-refractivity contribution in [2.24, 2.45) is 0 Å². The molecule has 0 aliphatic rings. The molecule has 190 valence electrons. The van der Waals surface area contributed by atoms with Crippen LogP contribution < -0.4 is 0 Å². The Morgan fingerprint density at radius 3 is 1.23 bits per heavy atom. The van der Waals surface area contributed by atoms with E-state index in [-0.39, 0.29) is 26.1 Å². The lowest BCUT2D eigenvalue weighted by Crippen LogP contribution is -2.46. The fourth-order valence-electron chi connectivity index (χ4n) is 0.676. The Hall–Kier alpha value is -1.79. The highest BCUT2D eigenvalue weighted by molar-refractivity contribution is 5.71. The van der Waals surface area contributed by atoms with Crippen LogP contribution in [0.4, 0.5) is 0 Å². The van der Waals surface area contributed by atoms with E-state index in [0.717, 1.165) is 6.92 Å². The van der Waals surface area contributed by atoms with Crippen LogP contribution in [0.5, 0.6) is 0 Å². The molecule has 12 N–H and O–H groups in total. The fourth-order valence-corrected chi connectivity index (χ4v) is 0.676. The number of carbonyl (C=O) groups excluding carboxylic acids is 1. The van der Waals surface area contributed by atoms with Crippen molar-refractivity contribution in [2.45, 2.75) is 57.4 Å². The standard InChI is InChI=1S/C6H12O6.C3H8O3.C3H6O3.C2H4O2.C2H6O/c7-1-3(9)5(11)6(12)4(10)2-8;4-1-3(6)2-5;1-2(4)3(5)6;1-2(3)4;1-2-3/h1,3-6,8-12H,2H2;3-6H,1-2H2;2,4H,1H3,(H,5,6);1H3,(H,3,4);3H,2H2,1H3/t3-,4+,5+,6+;;;;/m0..../s1. The SMILES string of the molecule is CC(=O)O.CC(O)C(=O)O.CCO.O=C[C@H](O)[C@@H](O)[C@H](O)[C@H](O)CO.OCC(O)CO. The Bertz CT molecular complexity index is 396. The predicted molar refractivity (Wildman–Crippen MR) is 103 cm³/mol. The van der Waals surface area contributed by atoms with Crippen LogP contribution >= 0.6 is 0 Å². The molecule has 31 heavy (non-hydrogen) atoms. The number of aldehydes is 1. The minimum absolute atomic E-state index is 0.0258. The van der Waals surface area contributed by atoms with E-state index in [9.17, 15) is 9.59 Å². The van der Waals surface area contributed by atoms with Gasteiger partial charge in [0.1, 0.15) is 36.6 Å². The number of hydrogen-bond acceptors (Lipinski definition) is 13. The summed E-state index contributed by atoms with van der Waals surface area (Å²) in [4.78, 5) is 28.3. The predicted octanol–water partition coefficient (Wildman–Crippen LogP) is -5.51. The van der Waals surface area contributed by atoms with Gasteiger partial charge in [-0.2, -0.15) is 0 Å². The molecule has 15 heteroatoms. The molecule has 0 saturated heterocycles. The van der Waals surface area contributed by atoms with Gasteiger partial charge >= 0.3 is 5.97 Å². The number of aliphatic carboxylic acids is 2. The third-order valence-electron chi connectivity index (χ3n) is 2.20. The van der Waals surface area contributed by atoms with Crippen LogP contribution in [0.15, 0.2) is 0 Å². The zero-order chi connectivity index (χ0) is 26.2. The van der Waals surface area contributed by atoms with Crippen molar-refractivity contribution in [2.75, 3.05) is 26.4 Å². The monoisotopic (exact) mass is 468 g/mol. The van der Waals surface area contributed by atoms with Gasteiger partial charge in [-0.25, -0.2) is 4.79 Å². The maximum absolute atomic E-state index is 9.90. The normalized spacial score (nSPS) is 14.1. The molecule has 0 amide bonds. The maximum Gasteiger partial charge on any atom is 0.332 e. The van der Waals surface area contributed by atoms with Crippen molar-refractivity contribution in [3.05, 3.63) is 0 Å². The van der Waals surface area contributed by atoms with Crippen LogP contribution in [-0.2, 0) is 14.4 Å². The number of aliphatic hydroxyl groups excluding tert-OH is 10. The van der Waals surface area contributed by atoms with E-state index in [2.05, 4.69) is 0 Å². The molecule has 0 aromatic carbocycles. The molecule has 0 radical (unpaired) electrons. The summed E-state index contributed by atoms with van der Waals surface area (Å²) >= 11 is 0. The molecule has 0 aliphatic carbocycles. The minimum atomic E-state index is -1.79. The summed E-state index contributed by atoms with van der Waals surface area (Å²) in [5.74, 6) is -2.02. The smallest absolute Gasteiger partial charge is 0.332 e. The van der Waals surface area contributed by atoms with Crippen LogP contribution in [0.25, 0.3) is 0 Å². The molecule has 0 aromatic heterocycles. The van der Waals surface area contributed by atoms with Gasteiger partial charge < -0.3 is 66.1 Å². The van der Waals surface area contributed by atoms with Crippen molar-refractivity contribution in [1.29, 1.82) is 0 Å². The van der Waals surface area contributed by atoms with Gasteiger partial charge in [-0.1, -0.05) is 0 Å². The highest BCUT2D eigenvalue weighted by Gasteiger charge is 2.29. The van der Waals surface area contributed by atoms with Crippen LogP contribution in [0.3, 0.4) is 0 Å². The van der Waals surface area contributed by atoms with E-state index in [1.807, 2.05) is 0 Å². The summed E-state index contributed by atoms with van der Waals surface area (Å²) in [6.07, 6.45) is -9.02. The number of rotatable bonds is 8. The molecule has 0 heterocycles. The quantitative estimate of drug-likeness (QED) is 0.148. The van der Waals surface area contributed by atoms with E-state index < -0.39 is 55.2 Å². The molecule has 0 saturated carbocycles. The highest BCUT2D eigenvalue weighted by Crippen LogP contribution is 2.02. The Morgan fingerprint density at radius 1 is 0.806 bits per heavy atom. The first-order chi connectivity index (χ1) is 14.1. The molecule has 0 rings (SSSR count). The summed E-state index contributed by atoms with van der Waals surface area (Å²) in [6.45, 7) is 2.72. The number of carboxylic acids is 2. The second-order valence-electron chi connectivity index (χ2n) is 5.23. The second kappa shape index (κ2) is 28.2. The van der Waals surface area contributed by atoms with Crippen LogP contribution in [-0.4, -0.2) is 143 Å². The lowest BCUT2D eigenvalue weighted by molar-refractivity contribution is -0.145. The first kappa shape index (κ1) is 39.7. The zero-order valence-corrected chi connectivity index (χ0v) is 17.5. The molecule has 0 aromatic rings. The first-order valence-corrected chi connectivity index (χ1v) is 8.54. The van der Waals surface area contributed by atoms with Gasteiger partial charge in [-0.3, -0.25) is 4.79 Å². The van der Waals surface area contributed by atoms with E-state index in [1.54, 1.807) is 6.92 Å². The summed E-state index contributed by atoms with van der Waals surface area (Å²) in [7, 11) is 0. The number of hydrogen-bond donors (Lipinski definition) is 12.